The molecule has 4 nitrogen and oxygen atoms in total. The highest BCUT2D eigenvalue weighted by Gasteiger charge is 2.12. The Hall–Kier alpha value is -2.21. The highest BCUT2D eigenvalue weighted by Crippen LogP contribution is 2.34. The summed E-state index contributed by atoms with van der Waals surface area (Å²) < 4.78 is 18.3. The van der Waals surface area contributed by atoms with Crippen LogP contribution in [0.25, 0.3) is 0 Å². The van der Waals surface area contributed by atoms with Gasteiger partial charge in [-0.05, 0) is 66.9 Å². The molecule has 0 saturated heterocycles. The van der Waals surface area contributed by atoms with E-state index in [1.54, 1.807) is 7.11 Å². The number of nitrogens with one attached hydrogen (secondary N) is 1. The van der Waals surface area contributed by atoms with Crippen LogP contribution >= 0.6 is 27.5 Å². The van der Waals surface area contributed by atoms with Gasteiger partial charge in [0.25, 0.3) is 0 Å². The highest BCUT2D eigenvalue weighted by molar-refractivity contribution is 9.10. The van der Waals surface area contributed by atoms with Crippen molar-refractivity contribution in [2.45, 2.75) is 26.5 Å². The Morgan fingerprint density at radius 1 is 0.903 bits per heavy atom. The Kier molecular flexibility index (Phi) is 9.07. The van der Waals surface area contributed by atoms with E-state index in [0.717, 1.165) is 40.1 Å². The van der Waals surface area contributed by atoms with E-state index in [0.29, 0.717) is 30.5 Å². The number of hydrogen-bond donors (Lipinski definition) is 1. The van der Waals surface area contributed by atoms with Crippen molar-refractivity contribution >= 4 is 27.5 Å². The summed E-state index contributed by atoms with van der Waals surface area (Å²) in [6.45, 7) is 4.54. The standard InChI is InChI=1S/C25H27BrClNO3/c1-3-30-24-14-20(16-28-13-12-19-6-4-5-7-23(19)29-2)22(26)15-25(24)31-17-18-8-10-21(27)11-9-18/h4-11,14-15,28H,3,12-13,16-17H2,1-2H3. The average Bonchev–Trinajstić information content (AvgIpc) is 2.78. The van der Waals surface area contributed by atoms with Crippen LogP contribution in [-0.4, -0.2) is 20.3 Å². The van der Waals surface area contributed by atoms with E-state index in [4.69, 9.17) is 25.8 Å². The monoisotopic (exact) mass is 503 g/mol. The zero-order valence-electron chi connectivity index (χ0n) is 17.8. The molecule has 3 aromatic rings. The van der Waals surface area contributed by atoms with Crippen molar-refractivity contribution in [3.05, 3.63) is 86.8 Å². The van der Waals surface area contributed by atoms with Gasteiger partial charge in [-0.3, -0.25) is 0 Å². The lowest BCUT2D eigenvalue weighted by Crippen LogP contribution is -2.17. The maximum atomic E-state index is 6.03. The molecule has 3 rings (SSSR count). The van der Waals surface area contributed by atoms with Gasteiger partial charge in [-0.2, -0.15) is 0 Å². The number of halogens is 2. The summed E-state index contributed by atoms with van der Waals surface area (Å²) in [5.41, 5.74) is 3.35. The van der Waals surface area contributed by atoms with Gasteiger partial charge in [0.05, 0.1) is 13.7 Å². The lowest BCUT2D eigenvalue weighted by atomic mass is 10.1. The Bertz CT molecular complexity index is 979. The van der Waals surface area contributed by atoms with Gasteiger partial charge in [0.1, 0.15) is 12.4 Å². The molecule has 0 bridgehead atoms. The molecule has 0 atom stereocenters. The van der Waals surface area contributed by atoms with E-state index in [9.17, 15) is 0 Å². The minimum Gasteiger partial charge on any atom is -0.496 e. The topological polar surface area (TPSA) is 39.7 Å². The summed E-state index contributed by atoms with van der Waals surface area (Å²) in [6, 6.07) is 19.7. The molecule has 0 aliphatic carbocycles. The fourth-order valence-electron chi connectivity index (χ4n) is 3.19. The number of methoxy groups -OCH3 is 1. The smallest absolute Gasteiger partial charge is 0.162 e. The van der Waals surface area contributed by atoms with Gasteiger partial charge in [0, 0.05) is 16.0 Å². The quantitative estimate of drug-likeness (QED) is 0.306. The van der Waals surface area contributed by atoms with Crippen LogP contribution in [-0.2, 0) is 19.6 Å². The molecule has 0 aliphatic heterocycles. The summed E-state index contributed by atoms with van der Waals surface area (Å²) in [7, 11) is 1.70. The van der Waals surface area contributed by atoms with E-state index in [1.807, 2.05) is 61.5 Å². The first-order valence-corrected chi connectivity index (χ1v) is 11.4. The lowest BCUT2D eigenvalue weighted by molar-refractivity contribution is 0.269. The summed E-state index contributed by atoms with van der Waals surface area (Å²) in [5.74, 6) is 2.37. The van der Waals surface area contributed by atoms with E-state index in [1.165, 1.54) is 5.56 Å². The van der Waals surface area contributed by atoms with E-state index in [2.05, 4.69) is 27.3 Å². The van der Waals surface area contributed by atoms with Gasteiger partial charge in [-0.1, -0.05) is 57.9 Å². The van der Waals surface area contributed by atoms with E-state index < -0.39 is 0 Å². The largest absolute Gasteiger partial charge is 0.496 e. The normalized spacial score (nSPS) is 10.7. The van der Waals surface area contributed by atoms with Crippen molar-refractivity contribution in [2.24, 2.45) is 0 Å². The molecule has 164 valence electrons. The Labute approximate surface area is 197 Å². The minimum atomic E-state index is 0.445. The van der Waals surface area contributed by atoms with Crippen LogP contribution < -0.4 is 19.5 Å². The summed E-state index contributed by atoms with van der Waals surface area (Å²) >= 11 is 9.63. The fourth-order valence-corrected chi connectivity index (χ4v) is 3.78. The molecule has 3 aromatic carbocycles. The maximum absolute atomic E-state index is 6.03. The highest BCUT2D eigenvalue weighted by atomic mass is 79.9. The van der Waals surface area contributed by atoms with Gasteiger partial charge in [0.2, 0.25) is 0 Å². The van der Waals surface area contributed by atoms with Gasteiger partial charge >= 0.3 is 0 Å². The van der Waals surface area contributed by atoms with Crippen LogP contribution in [0.15, 0.2) is 65.1 Å². The van der Waals surface area contributed by atoms with Gasteiger partial charge in [0.15, 0.2) is 11.5 Å². The second-order valence-electron chi connectivity index (χ2n) is 6.98. The molecule has 0 amide bonds. The Morgan fingerprint density at radius 3 is 2.39 bits per heavy atom. The van der Waals surface area contributed by atoms with E-state index in [-0.39, 0.29) is 0 Å². The molecular weight excluding hydrogens is 478 g/mol. The van der Waals surface area contributed by atoms with Crippen LogP contribution in [0, 0.1) is 0 Å². The molecule has 0 spiro atoms. The van der Waals surface area contributed by atoms with E-state index >= 15 is 0 Å². The molecule has 6 heteroatoms. The molecule has 0 aromatic heterocycles. The second kappa shape index (κ2) is 12.0. The first-order chi connectivity index (χ1) is 15.1. The molecule has 0 aliphatic rings. The third-order valence-electron chi connectivity index (χ3n) is 4.80. The first kappa shape index (κ1) is 23.5. The predicted molar refractivity (Wildman–Crippen MR) is 129 cm³/mol. The Morgan fingerprint density at radius 2 is 1.65 bits per heavy atom. The Balaban J connectivity index is 1.61. The molecule has 0 radical (unpaired) electrons. The summed E-state index contributed by atoms with van der Waals surface area (Å²) in [5, 5.41) is 4.21. The lowest BCUT2D eigenvalue weighted by Gasteiger charge is -2.16. The number of ether oxygens (including phenoxy) is 3. The van der Waals surface area contributed by atoms with Crippen molar-refractivity contribution in [1.82, 2.24) is 5.32 Å². The minimum absolute atomic E-state index is 0.445. The number of hydrogen-bond acceptors (Lipinski definition) is 4. The second-order valence-corrected chi connectivity index (χ2v) is 8.27. The van der Waals surface area contributed by atoms with Crippen molar-refractivity contribution in [1.29, 1.82) is 0 Å². The average molecular weight is 505 g/mol. The van der Waals surface area contributed by atoms with Crippen LogP contribution in [0.5, 0.6) is 17.2 Å². The van der Waals surface area contributed by atoms with Crippen molar-refractivity contribution in [2.75, 3.05) is 20.3 Å². The van der Waals surface area contributed by atoms with Crippen LogP contribution in [0.3, 0.4) is 0 Å². The molecule has 0 unspecified atom stereocenters. The van der Waals surface area contributed by atoms with Crippen molar-refractivity contribution < 1.29 is 14.2 Å². The van der Waals surface area contributed by atoms with Gasteiger partial charge in [-0.25, -0.2) is 0 Å². The van der Waals surface area contributed by atoms with Crippen LogP contribution in [0.4, 0.5) is 0 Å². The summed E-state index contributed by atoms with van der Waals surface area (Å²) in [6.07, 6.45) is 0.891. The zero-order valence-corrected chi connectivity index (χ0v) is 20.1. The first-order valence-electron chi connectivity index (χ1n) is 10.3. The van der Waals surface area contributed by atoms with Gasteiger partial charge in [-0.15, -0.1) is 0 Å². The SMILES string of the molecule is CCOc1cc(CNCCc2ccccc2OC)c(Br)cc1OCc1ccc(Cl)cc1. The number of rotatable bonds is 11. The molecule has 1 N–H and O–H groups in total. The number of benzene rings is 3. The molecule has 0 heterocycles. The molecule has 31 heavy (non-hydrogen) atoms. The molecule has 0 saturated carbocycles. The third kappa shape index (κ3) is 6.89. The zero-order chi connectivity index (χ0) is 22.1. The van der Waals surface area contributed by atoms with Gasteiger partial charge < -0.3 is 19.5 Å². The maximum Gasteiger partial charge on any atom is 0.162 e. The third-order valence-corrected chi connectivity index (χ3v) is 5.79. The van der Waals surface area contributed by atoms with Crippen molar-refractivity contribution in [3.63, 3.8) is 0 Å². The predicted octanol–water partition coefficient (Wildman–Crippen LogP) is 6.42. The van der Waals surface area contributed by atoms with Crippen LogP contribution in [0.2, 0.25) is 5.02 Å². The fraction of sp³-hybridized carbons (Fsp3) is 0.280. The molecule has 0 fully saturated rings. The summed E-state index contributed by atoms with van der Waals surface area (Å²) in [4.78, 5) is 0. The molecular formula is C25H27BrClNO3. The van der Waals surface area contributed by atoms with Crippen molar-refractivity contribution in [3.8, 4) is 17.2 Å². The van der Waals surface area contributed by atoms with Crippen LogP contribution in [0.1, 0.15) is 23.6 Å². The number of para-hydroxylation sites is 1.